The summed E-state index contributed by atoms with van der Waals surface area (Å²) in [5.74, 6) is 0.871. The molecule has 6 nitrogen and oxygen atoms in total. The molecule has 2 aliphatic rings. The lowest BCUT2D eigenvalue weighted by molar-refractivity contribution is -0.120. The maximum atomic E-state index is 12.4. The predicted molar refractivity (Wildman–Crippen MR) is 119 cm³/mol. The Bertz CT molecular complexity index is 791. The van der Waals surface area contributed by atoms with E-state index in [0.717, 1.165) is 63.2 Å². The molecule has 0 radical (unpaired) electrons. The number of benzene rings is 1. The van der Waals surface area contributed by atoms with E-state index in [1.807, 2.05) is 12.1 Å². The lowest BCUT2D eigenvalue weighted by atomic mass is 9.89. The Balaban J connectivity index is 1.31. The molecule has 1 aromatic carbocycles. The zero-order valence-corrected chi connectivity index (χ0v) is 17.2. The first-order chi connectivity index (χ1) is 14.2. The number of carbonyl (C=O) groups excluding carboxylic acids is 1. The average molecular weight is 394 g/mol. The molecule has 4 rings (SSSR count). The van der Waals surface area contributed by atoms with Crippen LogP contribution in [0.5, 0.6) is 0 Å². The third-order valence-electron chi connectivity index (χ3n) is 6.02. The fraction of sp³-hybridized carbons (Fsp3) is 0.478. The van der Waals surface area contributed by atoms with Crippen molar-refractivity contribution in [1.29, 1.82) is 0 Å². The van der Waals surface area contributed by atoms with Crippen LogP contribution in [0.3, 0.4) is 0 Å². The molecule has 154 valence electrons. The lowest BCUT2D eigenvalue weighted by Crippen LogP contribution is -2.44. The monoisotopic (exact) mass is 393 g/mol. The highest BCUT2D eigenvalue weighted by atomic mass is 16.1. The topological polar surface area (TPSA) is 60.5 Å². The van der Waals surface area contributed by atoms with Crippen molar-refractivity contribution in [3.63, 3.8) is 0 Å². The van der Waals surface area contributed by atoms with Crippen LogP contribution >= 0.6 is 0 Å². The maximum absolute atomic E-state index is 12.4. The number of piperazine rings is 1. The van der Waals surface area contributed by atoms with Gasteiger partial charge in [0.05, 0.1) is 11.9 Å². The summed E-state index contributed by atoms with van der Waals surface area (Å²) in [6.07, 6.45) is 7.32. The molecule has 1 amide bonds. The van der Waals surface area contributed by atoms with Gasteiger partial charge in [-0.1, -0.05) is 19.3 Å². The number of carbonyl (C=O) groups is 1. The number of rotatable bonds is 5. The van der Waals surface area contributed by atoms with Crippen molar-refractivity contribution in [1.82, 2.24) is 9.88 Å². The van der Waals surface area contributed by atoms with Crippen LogP contribution in [0, 0.1) is 5.92 Å². The van der Waals surface area contributed by atoms with Gasteiger partial charge in [0.15, 0.2) is 0 Å². The van der Waals surface area contributed by atoms with Gasteiger partial charge in [-0.05, 0) is 56.3 Å². The molecule has 1 saturated carbocycles. The Morgan fingerprint density at radius 1 is 0.931 bits per heavy atom. The second kappa shape index (κ2) is 9.27. The van der Waals surface area contributed by atoms with E-state index in [4.69, 9.17) is 0 Å². The van der Waals surface area contributed by atoms with Gasteiger partial charge in [-0.15, -0.1) is 0 Å². The average Bonchev–Trinajstić information content (AvgIpc) is 2.77. The molecule has 6 heteroatoms. The van der Waals surface area contributed by atoms with Crippen LogP contribution in [0.2, 0.25) is 0 Å². The molecule has 2 heterocycles. The number of hydrogen-bond acceptors (Lipinski definition) is 5. The standard InChI is InChI=1S/C23H31N5O/c1-27-13-15-28(16-14-27)21-10-7-19(8-11-21)25-20-9-12-22(24-17-20)26-23(29)18-5-3-2-4-6-18/h7-12,17-18,25H,2-6,13-16H2,1H3,(H,24,26,29). The zero-order valence-electron chi connectivity index (χ0n) is 17.2. The van der Waals surface area contributed by atoms with E-state index < -0.39 is 0 Å². The quantitative estimate of drug-likeness (QED) is 0.801. The first kappa shape index (κ1) is 19.7. The van der Waals surface area contributed by atoms with Gasteiger partial charge < -0.3 is 20.4 Å². The van der Waals surface area contributed by atoms with Crippen molar-refractivity contribution in [2.75, 3.05) is 48.8 Å². The van der Waals surface area contributed by atoms with Crippen molar-refractivity contribution >= 4 is 28.8 Å². The molecule has 0 atom stereocenters. The highest BCUT2D eigenvalue weighted by Crippen LogP contribution is 2.25. The summed E-state index contributed by atoms with van der Waals surface area (Å²) in [6.45, 7) is 4.35. The summed E-state index contributed by atoms with van der Waals surface area (Å²) < 4.78 is 0. The number of hydrogen-bond donors (Lipinski definition) is 2. The van der Waals surface area contributed by atoms with Crippen LogP contribution in [-0.4, -0.2) is 49.0 Å². The predicted octanol–water partition coefficient (Wildman–Crippen LogP) is 4.10. The van der Waals surface area contributed by atoms with E-state index in [9.17, 15) is 4.79 Å². The Morgan fingerprint density at radius 3 is 2.28 bits per heavy atom. The van der Waals surface area contributed by atoms with Gasteiger partial charge in [-0.2, -0.15) is 0 Å². The zero-order chi connectivity index (χ0) is 20.1. The number of likely N-dealkylation sites (N-methyl/N-ethyl adjacent to an activating group) is 1. The summed E-state index contributed by atoms with van der Waals surface area (Å²) in [4.78, 5) is 21.5. The van der Waals surface area contributed by atoms with Gasteiger partial charge in [0.25, 0.3) is 0 Å². The Hall–Kier alpha value is -2.60. The highest BCUT2D eigenvalue weighted by molar-refractivity contribution is 5.91. The van der Waals surface area contributed by atoms with Crippen molar-refractivity contribution in [3.8, 4) is 0 Å². The van der Waals surface area contributed by atoms with Crippen molar-refractivity contribution in [2.45, 2.75) is 32.1 Å². The molecule has 0 spiro atoms. The summed E-state index contributed by atoms with van der Waals surface area (Å²) in [6, 6.07) is 12.4. The van der Waals surface area contributed by atoms with Crippen LogP contribution in [-0.2, 0) is 4.79 Å². The van der Waals surface area contributed by atoms with Gasteiger partial charge in [0.1, 0.15) is 5.82 Å². The van der Waals surface area contributed by atoms with Crippen LogP contribution in [0.15, 0.2) is 42.6 Å². The first-order valence-electron chi connectivity index (χ1n) is 10.7. The summed E-state index contributed by atoms with van der Waals surface area (Å²) in [5.41, 5.74) is 3.21. The second-order valence-corrected chi connectivity index (χ2v) is 8.22. The molecule has 29 heavy (non-hydrogen) atoms. The minimum Gasteiger partial charge on any atom is -0.369 e. The Labute approximate surface area is 173 Å². The van der Waals surface area contributed by atoms with Gasteiger partial charge >= 0.3 is 0 Å². The van der Waals surface area contributed by atoms with Crippen molar-refractivity contribution in [2.24, 2.45) is 5.92 Å². The molecule has 0 bridgehead atoms. The minimum absolute atomic E-state index is 0.109. The Morgan fingerprint density at radius 2 is 1.62 bits per heavy atom. The van der Waals surface area contributed by atoms with Gasteiger partial charge in [0.2, 0.25) is 5.91 Å². The second-order valence-electron chi connectivity index (χ2n) is 8.22. The van der Waals surface area contributed by atoms with E-state index in [1.165, 1.54) is 12.1 Å². The van der Waals surface area contributed by atoms with Gasteiger partial charge in [-0.3, -0.25) is 4.79 Å². The molecule has 1 saturated heterocycles. The third-order valence-corrected chi connectivity index (χ3v) is 6.02. The molecular formula is C23H31N5O. The number of anilines is 4. The molecule has 2 N–H and O–H groups in total. The molecule has 1 aliphatic heterocycles. The number of aromatic nitrogens is 1. The maximum Gasteiger partial charge on any atom is 0.228 e. The molecular weight excluding hydrogens is 362 g/mol. The summed E-state index contributed by atoms with van der Waals surface area (Å²) >= 11 is 0. The molecule has 0 unspecified atom stereocenters. The molecule has 1 aromatic heterocycles. The number of nitrogens with zero attached hydrogens (tertiary/aromatic N) is 3. The van der Waals surface area contributed by atoms with Crippen LogP contribution in [0.1, 0.15) is 32.1 Å². The number of nitrogens with one attached hydrogen (secondary N) is 2. The molecule has 2 fully saturated rings. The van der Waals surface area contributed by atoms with Crippen LogP contribution in [0.25, 0.3) is 0 Å². The minimum atomic E-state index is 0.109. The van der Waals surface area contributed by atoms with E-state index >= 15 is 0 Å². The fourth-order valence-corrected chi connectivity index (χ4v) is 4.12. The third kappa shape index (κ3) is 5.26. The van der Waals surface area contributed by atoms with Crippen molar-refractivity contribution in [3.05, 3.63) is 42.6 Å². The summed E-state index contributed by atoms with van der Waals surface area (Å²) in [7, 11) is 2.17. The highest BCUT2D eigenvalue weighted by Gasteiger charge is 2.21. The first-order valence-corrected chi connectivity index (χ1v) is 10.7. The Kier molecular flexibility index (Phi) is 6.30. The normalized spacial score (nSPS) is 18.4. The van der Waals surface area contributed by atoms with E-state index in [-0.39, 0.29) is 11.8 Å². The largest absolute Gasteiger partial charge is 0.369 e. The van der Waals surface area contributed by atoms with Gasteiger partial charge in [-0.25, -0.2) is 4.98 Å². The lowest BCUT2D eigenvalue weighted by Gasteiger charge is -2.34. The SMILES string of the molecule is CN1CCN(c2ccc(Nc3ccc(NC(=O)C4CCCCC4)nc3)cc2)CC1. The van der Waals surface area contributed by atoms with Crippen molar-refractivity contribution < 1.29 is 4.79 Å². The molecule has 2 aromatic rings. The van der Waals surface area contributed by atoms with E-state index in [1.54, 1.807) is 6.20 Å². The van der Waals surface area contributed by atoms with E-state index in [0.29, 0.717) is 5.82 Å². The fourth-order valence-electron chi connectivity index (χ4n) is 4.12. The number of amides is 1. The van der Waals surface area contributed by atoms with Gasteiger partial charge in [0, 0.05) is 43.5 Å². The smallest absolute Gasteiger partial charge is 0.228 e. The van der Waals surface area contributed by atoms with Crippen LogP contribution in [0.4, 0.5) is 22.9 Å². The van der Waals surface area contributed by atoms with E-state index in [2.05, 4.69) is 56.7 Å². The number of pyridine rings is 1. The molecule has 1 aliphatic carbocycles. The van der Waals surface area contributed by atoms with Crippen LogP contribution < -0.4 is 15.5 Å². The summed E-state index contributed by atoms with van der Waals surface area (Å²) in [5, 5.41) is 6.35.